The highest BCUT2D eigenvalue weighted by atomic mass is 35.5. The summed E-state index contributed by atoms with van der Waals surface area (Å²) in [6.07, 6.45) is 1.72. The van der Waals surface area contributed by atoms with E-state index in [0.717, 1.165) is 30.5 Å². The van der Waals surface area contributed by atoms with Crippen LogP contribution in [0.15, 0.2) is 72.9 Å². The predicted molar refractivity (Wildman–Crippen MR) is 198 cm³/mol. The molecule has 0 aliphatic carbocycles. The van der Waals surface area contributed by atoms with E-state index < -0.39 is 17.5 Å². The van der Waals surface area contributed by atoms with Gasteiger partial charge in [-0.3, -0.25) is 9.59 Å². The number of aryl methyl sites for hydroxylation is 1. The Labute approximate surface area is 301 Å². The molecule has 1 aliphatic rings. The van der Waals surface area contributed by atoms with Crippen LogP contribution in [-0.4, -0.2) is 76.5 Å². The van der Waals surface area contributed by atoms with Gasteiger partial charge in [-0.05, 0) is 95.6 Å². The monoisotopic (exact) mass is 711 g/mol. The number of para-hydroxylation sites is 1. The molecule has 3 N–H and O–H groups in total. The number of nitrogens with zero attached hydrogens (tertiary/aromatic N) is 5. The Morgan fingerprint density at radius 2 is 1.80 bits per heavy atom. The minimum atomic E-state index is -0.758. The van der Waals surface area contributed by atoms with Gasteiger partial charge in [0, 0.05) is 25.5 Å². The number of ether oxygens (including phenoxy) is 2. The van der Waals surface area contributed by atoms with Crippen LogP contribution in [0.3, 0.4) is 0 Å². The van der Waals surface area contributed by atoms with Gasteiger partial charge in [0.05, 0.1) is 40.1 Å². The maximum atomic E-state index is 14.5. The molecular formula is C38H42ClN7O5. The molecule has 13 heteroatoms. The van der Waals surface area contributed by atoms with E-state index in [0.29, 0.717) is 34.8 Å². The number of fused-ring (bicyclic) bond motifs is 1. The number of ketones is 1. The lowest BCUT2D eigenvalue weighted by Gasteiger charge is -2.31. The van der Waals surface area contributed by atoms with E-state index in [9.17, 15) is 14.4 Å². The lowest BCUT2D eigenvalue weighted by atomic mass is 10.1. The number of hydrogen-bond donors (Lipinski definition) is 2. The van der Waals surface area contributed by atoms with E-state index in [1.807, 2.05) is 45.9 Å². The van der Waals surface area contributed by atoms with E-state index >= 15 is 0 Å². The summed E-state index contributed by atoms with van der Waals surface area (Å²) in [5.74, 6) is 0.366. The van der Waals surface area contributed by atoms with Crippen molar-refractivity contribution in [2.75, 3.05) is 44.5 Å². The maximum Gasteiger partial charge on any atom is 0.429 e. The van der Waals surface area contributed by atoms with Crippen LogP contribution in [0.1, 0.15) is 59.2 Å². The third kappa shape index (κ3) is 7.42. The summed E-state index contributed by atoms with van der Waals surface area (Å²) >= 11 is 6.74. The highest BCUT2D eigenvalue weighted by Gasteiger charge is 2.32. The standard InChI is InChI=1S/C38H42ClN7O5/c1-23-11-13-30-25(17-23)18-32(46(30)44(22-24-15-16-41-20-24)37(49)51-38(2,3)4)34(47)28-21-42-45(35(28)40)31-14-12-26(19-29(31)39)50-33-10-8-7-9-27(33)36(48)43(5)6/h7-14,17-19,21,24,41H,15-16,20,22,40H2,1-6H3. The van der Waals surface area contributed by atoms with Gasteiger partial charge in [0.25, 0.3) is 5.91 Å². The molecular weight excluding hydrogens is 670 g/mol. The lowest BCUT2D eigenvalue weighted by molar-refractivity contribution is 0.0532. The minimum absolute atomic E-state index is 0.0642. The molecule has 1 saturated heterocycles. The van der Waals surface area contributed by atoms with Crippen molar-refractivity contribution in [1.82, 2.24) is 24.7 Å². The topological polar surface area (TPSA) is 137 Å². The third-order valence-electron chi connectivity index (χ3n) is 8.55. The Bertz CT molecular complexity index is 2120. The molecule has 3 heterocycles. The molecule has 3 aromatic carbocycles. The first-order valence-electron chi connectivity index (χ1n) is 16.7. The van der Waals surface area contributed by atoms with Gasteiger partial charge in [-0.1, -0.05) is 35.4 Å². The van der Waals surface area contributed by atoms with Gasteiger partial charge in [0.1, 0.15) is 28.6 Å². The van der Waals surface area contributed by atoms with Crippen LogP contribution in [0.2, 0.25) is 5.02 Å². The summed E-state index contributed by atoms with van der Waals surface area (Å²) in [4.78, 5) is 42.5. The van der Waals surface area contributed by atoms with Crippen molar-refractivity contribution in [1.29, 1.82) is 0 Å². The van der Waals surface area contributed by atoms with Gasteiger partial charge >= 0.3 is 6.09 Å². The first kappa shape index (κ1) is 35.5. The van der Waals surface area contributed by atoms with Gasteiger partial charge in [-0.2, -0.15) is 5.10 Å². The van der Waals surface area contributed by atoms with E-state index in [1.54, 1.807) is 67.3 Å². The van der Waals surface area contributed by atoms with Crippen molar-refractivity contribution in [3.63, 3.8) is 0 Å². The number of hydrogen-bond acceptors (Lipinski definition) is 8. The molecule has 266 valence electrons. The van der Waals surface area contributed by atoms with Gasteiger partial charge in [0.15, 0.2) is 0 Å². The number of aromatic nitrogens is 3. The number of carbonyl (C=O) groups excluding carboxylic acids is 3. The van der Waals surface area contributed by atoms with Crippen LogP contribution >= 0.6 is 11.6 Å². The zero-order valence-electron chi connectivity index (χ0n) is 29.6. The van der Waals surface area contributed by atoms with Crippen molar-refractivity contribution in [3.05, 3.63) is 100 Å². The molecule has 0 saturated carbocycles. The van der Waals surface area contributed by atoms with Crippen LogP contribution in [0.4, 0.5) is 10.6 Å². The molecule has 1 fully saturated rings. The Balaban J connectivity index is 1.36. The van der Waals surface area contributed by atoms with Crippen LogP contribution in [0.5, 0.6) is 11.5 Å². The summed E-state index contributed by atoms with van der Waals surface area (Å²) in [5, 5.41) is 10.4. The zero-order chi connectivity index (χ0) is 36.6. The smallest absolute Gasteiger partial charge is 0.429 e. The number of carbonyl (C=O) groups is 3. The first-order chi connectivity index (χ1) is 24.2. The molecule has 2 aromatic heterocycles. The summed E-state index contributed by atoms with van der Waals surface area (Å²) < 4.78 is 15.0. The molecule has 1 aliphatic heterocycles. The summed E-state index contributed by atoms with van der Waals surface area (Å²) in [7, 11) is 3.34. The minimum Gasteiger partial charge on any atom is -0.456 e. The number of benzene rings is 3. The first-order valence-corrected chi connectivity index (χ1v) is 17.1. The Morgan fingerprint density at radius 1 is 1.04 bits per heavy atom. The normalized spacial score (nSPS) is 14.5. The third-order valence-corrected chi connectivity index (χ3v) is 8.86. The number of rotatable bonds is 9. The Hall–Kier alpha value is -5.33. The number of anilines is 1. The number of nitrogen functional groups attached to an aromatic ring is 1. The maximum absolute atomic E-state index is 14.5. The molecule has 12 nitrogen and oxygen atoms in total. The van der Waals surface area contributed by atoms with Crippen molar-refractivity contribution in [3.8, 4) is 17.2 Å². The highest BCUT2D eigenvalue weighted by molar-refractivity contribution is 6.32. The molecule has 5 aromatic rings. The highest BCUT2D eigenvalue weighted by Crippen LogP contribution is 2.33. The SMILES string of the molecule is Cc1ccc2c(c1)cc(C(=O)c1cnn(-c3ccc(Oc4ccccc4C(=O)N(C)C)cc3Cl)c1N)n2N(CC1CCNC1)C(=O)OC(C)(C)C. The Morgan fingerprint density at radius 3 is 2.49 bits per heavy atom. The van der Waals surface area contributed by atoms with Crippen LogP contribution in [0.25, 0.3) is 16.6 Å². The number of nitrogens with one attached hydrogen (secondary N) is 1. The average molecular weight is 712 g/mol. The van der Waals surface area contributed by atoms with E-state index in [-0.39, 0.29) is 33.9 Å². The second kappa shape index (κ2) is 14.1. The van der Waals surface area contributed by atoms with Crippen LogP contribution < -0.4 is 20.8 Å². The Kier molecular flexibility index (Phi) is 9.83. The van der Waals surface area contributed by atoms with Crippen molar-refractivity contribution < 1.29 is 23.9 Å². The van der Waals surface area contributed by atoms with Gasteiger partial charge in [0.2, 0.25) is 5.78 Å². The molecule has 51 heavy (non-hydrogen) atoms. The van der Waals surface area contributed by atoms with Crippen molar-refractivity contribution in [2.24, 2.45) is 5.92 Å². The summed E-state index contributed by atoms with van der Waals surface area (Å²) in [6, 6.07) is 19.5. The van der Waals surface area contributed by atoms with E-state index in [2.05, 4.69) is 10.4 Å². The lowest BCUT2D eigenvalue weighted by Crippen LogP contribution is -2.47. The summed E-state index contributed by atoms with van der Waals surface area (Å²) in [5.41, 5.74) is 8.74. The second-order valence-electron chi connectivity index (χ2n) is 13.9. The van der Waals surface area contributed by atoms with Crippen molar-refractivity contribution >= 4 is 46.1 Å². The number of amides is 2. The fraction of sp³-hybridized carbons (Fsp3) is 0.316. The van der Waals surface area contributed by atoms with Crippen LogP contribution in [0, 0.1) is 12.8 Å². The second-order valence-corrected chi connectivity index (χ2v) is 14.3. The fourth-order valence-corrected chi connectivity index (χ4v) is 6.35. The fourth-order valence-electron chi connectivity index (χ4n) is 6.10. The largest absolute Gasteiger partial charge is 0.456 e. The zero-order valence-corrected chi connectivity index (χ0v) is 30.3. The molecule has 1 atom stereocenters. The summed E-state index contributed by atoms with van der Waals surface area (Å²) in [6.45, 7) is 9.34. The number of nitrogens with two attached hydrogens (primary N) is 1. The van der Waals surface area contributed by atoms with Crippen LogP contribution in [-0.2, 0) is 4.74 Å². The number of halogens is 1. The average Bonchev–Trinajstić information content (AvgIpc) is 3.81. The predicted octanol–water partition coefficient (Wildman–Crippen LogP) is 6.58. The molecule has 0 bridgehead atoms. The molecule has 6 rings (SSSR count). The molecule has 1 unspecified atom stereocenters. The van der Waals surface area contributed by atoms with Gasteiger partial charge < -0.3 is 25.4 Å². The van der Waals surface area contributed by atoms with Crippen molar-refractivity contribution in [2.45, 2.75) is 39.7 Å². The van der Waals surface area contributed by atoms with Gasteiger partial charge in [-0.15, -0.1) is 0 Å². The molecule has 2 amide bonds. The van der Waals surface area contributed by atoms with E-state index in [1.165, 1.54) is 20.8 Å². The van der Waals surface area contributed by atoms with Gasteiger partial charge in [-0.25, -0.2) is 19.2 Å². The molecule has 0 spiro atoms. The quantitative estimate of drug-likeness (QED) is 0.164. The van der Waals surface area contributed by atoms with E-state index in [4.69, 9.17) is 26.8 Å². The molecule has 0 radical (unpaired) electrons.